The molecule has 1 rings (SSSR count). The first-order chi connectivity index (χ1) is 8.22. The number of methoxy groups -OCH3 is 2. The predicted molar refractivity (Wildman–Crippen MR) is 71.5 cm³/mol. The molecule has 0 aliphatic carbocycles. The molecule has 0 atom stereocenters. The minimum absolute atomic E-state index is 0.732. The molecule has 0 aromatic heterocycles. The van der Waals surface area contributed by atoms with Crippen LogP contribution >= 0.6 is 0 Å². The predicted octanol–water partition coefficient (Wildman–Crippen LogP) is 2.85. The molecule has 0 heterocycles. The summed E-state index contributed by atoms with van der Waals surface area (Å²) in [5.41, 5.74) is 7.86. The highest BCUT2D eigenvalue weighted by Gasteiger charge is 2.05. The maximum absolute atomic E-state index is 5.47. The van der Waals surface area contributed by atoms with Crippen molar-refractivity contribution < 1.29 is 9.47 Å². The molecule has 0 spiro atoms. The minimum Gasteiger partial charge on any atom is -0.493 e. The van der Waals surface area contributed by atoms with E-state index in [9.17, 15) is 0 Å². The highest BCUT2D eigenvalue weighted by atomic mass is 16.5. The lowest BCUT2D eigenvalue weighted by Gasteiger charge is -2.09. The van der Waals surface area contributed by atoms with Crippen molar-refractivity contribution >= 4 is 5.57 Å². The Morgan fingerprint density at radius 1 is 1.24 bits per heavy atom. The lowest BCUT2D eigenvalue weighted by molar-refractivity contribution is 0.355. The molecule has 0 aliphatic rings. The number of nitrogens with two attached hydrogens (primary N) is 1. The van der Waals surface area contributed by atoms with Crippen molar-refractivity contribution in [1.29, 1.82) is 0 Å². The summed E-state index contributed by atoms with van der Waals surface area (Å²) in [4.78, 5) is 0. The van der Waals surface area contributed by atoms with Crippen molar-refractivity contribution in [3.8, 4) is 11.5 Å². The number of unbranched alkanes of at least 4 members (excludes halogenated alkanes) is 1. The van der Waals surface area contributed by atoms with Crippen LogP contribution in [-0.4, -0.2) is 20.8 Å². The zero-order valence-electron chi connectivity index (χ0n) is 10.8. The van der Waals surface area contributed by atoms with Crippen LogP contribution in [0.25, 0.3) is 5.57 Å². The van der Waals surface area contributed by atoms with Crippen molar-refractivity contribution in [2.24, 2.45) is 5.73 Å². The third-order valence-corrected chi connectivity index (χ3v) is 2.70. The van der Waals surface area contributed by atoms with Crippen LogP contribution < -0.4 is 15.2 Å². The second-order valence-electron chi connectivity index (χ2n) is 3.89. The third-order valence-electron chi connectivity index (χ3n) is 2.70. The van der Waals surface area contributed by atoms with E-state index in [2.05, 4.69) is 13.0 Å². The van der Waals surface area contributed by atoms with E-state index < -0.39 is 0 Å². The van der Waals surface area contributed by atoms with E-state index in [0.717, 1.165) is 36.4 Å². The summed E-state index contributed by atoms with van der Waals surface area (Å²) >= 11 is 0. The number of hydrogen-bond donors (Lipinski definition) is 1. The van der Waals surface area contributed by atoms with Crippen LogP contribution in [0.2, 0.25) is 0 Å². The molecule has 1 aromatic carbocycles. The molecule has 0 amide bonds. The van der Waals surface area contributed by atoms with E-state index in [-0.39, 0.29) is 0 Å². The van der Waals surface area contributed by atoms with Crippen molar-refractivity contribution in [3.05, 3.63) is 29.8 Å². The summed E-state index contributed by atoms with van der Waals surface area (Å²) in [5.74, 6) is 1.52. The standard InChI is InChI=1S/C14H21NO2/c1-11(6-4-5-9-15)12-7-8-13(16-2)14(10-12)17-3/h6-8,10H,4-5,9,15H2,1-3H3/b11-6+. The van der Waals surface area contributed by atoms with Crippen LogP contribution in [0.15, 0.2) is 24.3 Å². The van der Waals surface area contributed by atoms with Crippen LogP contribution in [0, 0.1) is 0 Å². The number of rotatable bonds is 6. The summed E-state index contributed by atoms with van der Waals surface area (Å²) < 4.78 is 10.5. The summed E-state index contributed by atoms with van der Waals surface area (Å²) in [5, 5.41) is 0. The summed E-state index contributed by atoms with van der Waals surface area (Å²) in [7, 11) is 3.29. The van der Waals surface area contributed by atoms with Gasteiger partial charge in [0.2, 0.25) is 0 Å². The molecule has 1 aromatic rings. The van der Waals surface area contributed by atoms with Crippen molar-refractivity contribution in [1.82, 2.24) is 0 Å². The lowest BCUT2D eigenvalue weighted by atomic mass is 10.1. The number of hydrogen-bond acceptors (Lipinski definition) is 3. The Labute approximate surface area is 103 Å². The Bertz CT molecular complexity index is 386. The SMILES string of the molecule is COc1ccc(/C(C)=C/CCCN)cc1OC. The van der Waals surface area contributed by atoms with Crippen LogP contribution in [0.4, 0.5) is 0 Å². The fourth-order valence-electron chi connectivity index (χ4n) is 1.64. The molecule has 3 nitrogen and oxygen atoms in total. The highest BCUT2D eigenvalue weighted by molar-refractivity contribution is 5.66. The molecule has 0 unspecified atom stereocenters. The maximum atomic E-state index is 5.47. The van der Waals surface area contributed by atoms with Crippen LogP contribution in [0.5, 0.6) is 11.5 Å². The first-order valence-corrected chi connectivity index (χ1v) is 5.82. The average molecular weight is 235 g/mol. The zero-order chi connectivity index (χ0) is 12.7. The Balaban J connectivity index is 2.87. The van der Waals surface area contributed by atoms with E-state index in [1.54, 1.807) is 14.2 Å². The van der Waals surface area contributed by atoms with Crippen LogP contribution in [0.3, 0.4) is 0 Å². The normalized spacial score (nSPS) is 11.4. The van der Waals surface area contributed by atoms with Gasteiger partial charge in [-0.15, -0.1) is 0 Å². The van der Waals surface area contributed by atoms with Gasteiger partial charge in [0, 0.05) is 0 Å². The molecular formula is C14H21NO2. The van der Waals surface area contributed by atoms with Gasteiger partial charge in [0.15, 0.2) is 11.5 Å². The van der Waals surface area contributed by atoms with Crippen molar-refractivity contribution in [2.75, 3.05) is 20.8 Å². The molecule has 3 heteroatoms. The molecule has 0 saturated carbocycles. The topological polar surface area (TPSA) is 44.5 Å². The zero-order valence-corrected chi connectivity index (χ0v) is 10.8. The second-order valence-corrected chi connectivity index (χ2v) is 3.89. The molecular weight excluding hydrogens is 214 g/mol. The van der Waals surface area contributed by atoms with Gasteiger partial charge in [-0.1, -0.05) is 12.1 Å². The highest BCUT2D eigenvalue weighted by Crippen LogP contribution is 2.30. The van der Waals surface area contributed by atoms with Crippen LogP contribution in [-0.2, 0) is 0 Å². The molecule has 2 N–H and O–H groups in total. The Morgan fingerprint density at radius 3 is 2.53 bits per heavy atom. The summed E-state index contributed by atoms with van der Waals surface area (Å²) in [6.07, 6.45) is 4.23. The van der Waals surface area contributed by atoms with Gasteiger partial charge in [0.1, 0.15) is 0 Å². The molecule has 17 heavy (non-hydrogen) atoms. The largest absolute Gasteiger partial charge is 0.493 e. The van der Waals surface area contributed by atoms with Gasteiger partial charge in [-0.3, -0.25) is 0 Å². The first-order valence-electron chi connectivity index (χ1n) is 5.82. The molecule has 0 bridgehead atoms. The third kappa shape index (κ3) is 3.79. The second kappa shape index (κ2) is 6.97. The molecule has 0 radical (unpaired) electrons. The number of benzene rings is 1. The molecule has 0 fully saturated rings. The lowest BCUT2D eigenvalue weighted by Crippen LogP contribution is -1.96. The van der Waals surface area contributed by atoms with E-state index >= 15 is 0 Å². The quantitative estimate of drug-likeness (QED) is 0.771. The Kier molecular flexibility index (Phi) is 5.57. The monoisotopic (exact) mass is 235 g/mol. The Hall–Kier alpha value is -1.48. The van der Waals surface area contributed by atoms with Gasteiger partial charge in [-0.25, -0.2) is 0 Å². The Morgan fingerprint density at radius 2 is 1.94 bits per heavy atom. The van der Waals surface area contributed by atoms with Crippen LogP contribution in [0.1, 0.15) is 25.3 Å². The molecule has 0 saturated heterocycles. The number of allylic oxidation sites excluding steroid dienone is 2. The maximum Gasteiger partial charge on any atom is 0.161 e. The average Bonchev–Trinajstić information content (AvgIpc) is 2.38. The van der Waals surface area contributed by atoms with Gasteiger partial charge in [-0.2, -0.15) is 0 Å². The first kappa shape index (κ1) is 13.6. The summed E-state index contributed by atoms with van der Waals surface area (Å²) in [6.45, 7) is 2.83. The van der Waals surface area contributed by atoms with Crippen molar-refractivity contribution in [2.45, 2.75) is 19.8 Å². The number of ether oxygens (including phenoxy) is 2. The van der Waals surface area contributed by atoms with Gasteiger partial charge in [0.25, 0.3) is 0 Å². The fraction of sp³-hybridized carbons (Fsp3) is 0.429. The van der Waals surface area contributed by atoms with Gasteiger partial charge >= 0.3 is 0 Å². The van der Waals surface area contributed by atoms with Crippen molar-refractivity contribution in [3.63, 3.8) is 0 Å². The molecule has 94 valence electrons. The van der Waals surface area contributed by atoms with Gasteiger partial charge in [-0.05, 0) is 49.6 Å². The fourth-order valence-corrected chi connectivity index (χ4v) is 1.64. The smallest absolute Gasteiger partial charge is 0.161 e. The molecule has 0 aliphatic heterocycles. The van der Waals surface area contributed by atoms with Gasteiger partial charge in [0.05, 0.1) is 14.2 Å². The summed E-state index contributed by atoms with van der Waals surface area (Å²) in [6, 6.07) is 5.96. The van der Waals surface area contributed by atoms with E-state index in [1.165, 1.54) is 5.57 Å². The van der Waals surface area contributed by atoms with E-state index in [0.29, 0.717) is 0 Å². The van der Waals surface area contributed by atoms with E-state index in [1.807, 2.05) is 18.2 Å². The van der Waals surface area contributed by atoms with Gasteiger partial charge < -0.3 is 15.2 Å². The minimum atomic E-state index is 0.732. The van der Waals surface area contributed by atoms with E-state index in [4.69, 9.17) is 15.2 Å².